The van der Waals surface area contributed by atoms with E-state index in [0.717, 1.165) is 5.56 Å². The Morgan fingerprint density at radius 2 is 1.68 bits per heavy atom. The lowest BCUT2D eigenvalue weighted by atomic mass is 10.00. The van der Waals surface area contributed by atoms with Gasteiger partial charge in [0.15, 0.2) is 0 Å². The summed E-state index contributed by atoms with van der Waals surface area (Å²) in [7, 11) is 0. The predicted octanol–water partition coefficient (Wildman–Crippen LogP) is 2.99. The van der Waals surface area contributed by atoms with Gasteiger partial charge in [-0.05, 0) is 17.7 Å². The van der Waals surface area contributed by atoms with Crippen LogP contribution in [0.1, 0.15) is 17.2 Å². The fourth-order valence-corrected chi connectivity index (χ4v) is 2.42. The number of nitro benzene ring substituents is 1. The van der Waals surface area contributed by atoms with Crippen molar-refractivity contribution in [2.75, 3.05) is 0 Å². The number of nitrogens with zero attached hydrogens (tertiary/aromatic N) is 1. The number of rotatable bonds is 3. The Morgan fingerprint density at radius 3 is 2.41 bits per heavy atom. The summed E-state index contributed by atoms with van der Waals surface area (Å²) >= 11 is 0. The molecule has 110 valence electrons. The second-order valence-corrected chi connectivity index (χ2v) is 4.84. The largest absolute Gasteiger partial charge is 0.327 e. The van der Waals surface area contributed by atoms with Gasteiger partial charge in [-0.1, -0.05) is 42.5 Å². The monoisotopic (exact) mass is 295 g/mol. The molecule has 1 aliphatic rings. The molecule has 22 heavy (non-hydrogen) atoms. The molecule has 0 fully saturated rings. The van der Waals surface area contributed by atoms with Crippen LogP contribution in [-0.2, 0) is 0 Å². The van der Waals surface area contributed by atoms with Gasteiger partial charge in [0, 0.05) is 11.8 Å². The van der Waals surface area contributed by atoms with Crippen LogP contribution in [0.3, 0.4) is 0 Å². The van der Waals surface area contributed by atoms with Crippen LogP contribution in [0, 0.1) is 10.1 Å². The second kappa shape index (κ2) is 5.69. The molecule has 0 saturated heterocycles. The molecule has 0 bridgehead atoms. The first kappa shape index (κ1) is 13.8. The van der Waals surface area contributed by atoms with Gasteiger partial charge in [0.2, 0.25) is 0 Å². The zero-order valence-electron chi connectivity index (χ0n) is 11.5. The third kappa shape index (κ3) is 2.67. The summed E-state index contributed by atoms with van der Waals surface area (Å²) in [4.78, 5) is 22.6. The molecule has 1 atom stereocenters. The Bertz CT molecular complexity index is 756. The molecule has 1 heterocycles. The highest BCUT2D eigenvalue weighted by Gasteiger charge is 2.26. The smallest absolute Gasteiger partial charge is 0.319 e. The molecule has 1 aliphatic heterocycles. The number of hydrogen-bond acceptors (Lipinski definition) is 3. The molecule has 2 aromatic carbocycles. The fourth-order valence-electron chi connectivity index (χ4n) is 2.42. The van der Waals surface area contributed by atoms with Crippen molar-refractivity contribution in [3.8, 4) is 0 Å². The maximum Gasteiger partial charge on any atom is 0.319 e. The van der Waals surface area contributed by atoms with Crippen LogP contribution in [0.2, 0.25) is 0 Å². The van der Waals surface area contributed by atoms with Gasteiger partial charge in [-0.15, -0.1) is 0 Å². The molecule has 3 rings (SSSR count). The summed E-state index contributed by atoms with van der Waals surface area (Å²) in [6.45, 7) is 0. The van der Waals surface area contributed by atoms with Gasteiger partial charge in [0.25, 0.3) is 5.69 Å². The number of para-hydroxylation sites is 1. The quantitative estimate of drug-likeness (QED) is 0.674. The summed E-state index contributed by atoms with van der Waals surface area (Å²) in [5.74, 6) is 0. The lowest BCUT2D eigenvalue weighted by Gasteiger charge is -2.24. The topological polar surface area (TPSA) is 84.3 Å². The maximum absolute atomic E-state index is 11.9. The van der Waals surface area contributed by atoms with Crippen LogP contribution in [0.15, 0.2) is 60.7 Å². The minimum Gasteiger partial charge on any atom is -0.327 e. The van der Waals surface area contributed by atoms with Crippen molar-refractivity contribution < 1.29 is 9.72 Å². The van der Waals surface area contributed by atoms with E-state index in [4.69, 9.17) is 0 Å². The lowest BCUT2D eigenvalue weighted by molar-refractivity contribution is -0.385. The van der Waals surface area contributed by atoms with Crippen molar-refractivity contribution >= 4 is 17.4 Å². The summed E-state index contributed by atoms with van der Waals surface area (Å²) in [6, 6.07) is 14.8. The van der Waals surface area contributed by atoms with Gasteiger partial charge in [0.1, 0.15) is 0 Å². The highest BCUT2D eigenvalue weighted by molar-refractivity contribution is 5.88. The van der Waals surface area contributed by atoms with Crippen molar-refractivity contribution in [1.82, 2.24) is 10.6 Å². The normalized spacial score (nSPS) is 17.2. The van der Waals surface area contributed by atoms with E-state index in [9.17, 15) is 14.9 Å². The van der Waals surface area contributed by atoms with Gasteiger partial charge < -0.3 is 10.6 Å². The van der Waals surface area contributed by atoms with Gasteiger partial charge in [-0.3, -0.25) is 10.1 Å². The molecule has 0 saturated carbocycles. The Kier molecular flexibility index (Phi) is 3.57. The van der Waals surface area contributed by atoms with Crippen molar-refractivity contribution in [2.45, 2.75) is 6.04 Å². The average molecular weight is 295 g/mol. The number of nitro groups is 1. The Labute approximate surface area is 126 Å². The highest BCUT2D eigenvalue weighted by atomic mass is 16.6. The summed E-state index contributed by atoms with van der Waals surface area (Å²) in [6.07, 6.45) is 1.78. The van der Waals surface area contributed by atoms with E-state index in [1.807, 2.05) is 30.3 Å². The molecule has 6 nitrogen and oxygen atoms in total. The second-order valence-electron chi connectivity index (χ2n) is 4.84. The lowest BCUT2D eigenvalue weighted by Crippen LogP contribution is -2.40. The average Bonchev–Trinajstić information content (AvgIpc) is 2.55. The molecule has 0 spiro atoms. The van der Waals surface area contributed by atoms with Gasteiger partial charge in [0.05, 0.1) is 16.5 Å². The maximum atomic E-state index is 11.9. The number of urea groups is 1. The van der Waals surface area contributed by atoms with Crippen molar-refractivity contribution in [2.24, 2.45) is 0 Å². The van der Waals surface area contributed by atoms with Crippen LogP contribution < -0.4 is 10.6 Å². The minimum absolute atomic E-state index is 0.0154. The fraction of sp³-hybridized carbons (Fsp3) is 0.0625. The predicted molar refractivity (Wildman–Crippen MR) is 81.9 cm³/mol. The minimum atomic E-state index is -0.550. The van der Waals surface area contributed by atoms with E-state index < -0.39 is 11.0 Å². The number of carbonyl (C=O) groups is 1. The number of hydrogen-bond donors (Lipinski definition) is 2. The molecule has 6 heteroatoms. The molecule has 0 radical (unpaired) electrons. The van der Waals surface area contributed by atoms with Gasteiger partial charge in [-0.2, -0.15) is 0 Å². The molecule has 2 aromatic rings. The molecule has 0 aromatic heterocycles. The van der Waals surface area contributed by atoms with Crippen molar-refractivity contribution in [3.05, 3.63) is 81.9 Å². The van der Waals surface area contributed by atoms with Crippen LogP contribution >= 0.6 is 0 Å². The zero-order chi connectivity index (χ0) is 15.5. The summed E-state index contributed by atoms with van der Waals surface area (Å²) < 4.78 is 0. The standard InChI is InChI=1S/C16H13N3O3/c20-16-17-13(11-6-2-1-3-7-11)10-14(18-16)12-8-4-5-9-15(12)19(21)22/h1-10,14H,(H2,17,18,20). The van der Waals surface area contributed by atoms with Crippen LogP contribution in [0.4, 0.5) is 10.5 Å². The molecule has 2 amide bonds. The first-order chi connectivity index (χ1) is 10.6. The molecule has 2 N–H and O–H groups in total. The van der Waals surface area contributed by atoms with E-state index in [2.05, 4.69) is 10.6 Å². The zero-order valence-corrected chi connectivity index (χ0v) is 11.5. The van der Waals surface area contributed by atoms with Crippen LogP contribution in [-0.4, -0.2) is 11.0 Å². The Balaban J connectivity index is 2.04. The Morgan fingerprint density at radius 1 is 1.00 bits per heavy atom. The van der Waals surface area contributed by atoms with E-state index in [1.54, 1.807) is 24.3 Å². The number of amides is 2. The van der Waals surface area contributed by atoms with Gasteiger partial charge in [-0.25, -0.2) is 4.79 Å². The molecule has 1 unspecified atom stereocenters. The van der Waals surface area contributed by atoms with Crippen molar-refractivity contribution in [1.29, 1.82) is 0 Å². The highest BCUT2D eigenvalue weighted by Crippen LogP contribution is 2.29. The molecule has 0 aliphatic carbocycles. The van der Waals surface area contributed by atoms with Crippen LogP contribution in [0.25, 0.3) is 5.70 Å². The van der Waals surface area contributed by atoms with Crippen molar-refractivity contribution in [3.63, 3.8) is 0 Å². The van der Waals surface area contributed by atoms with E-state index in [0.29, 0.717) is 11.3 Å². The van der Waals surface area contributed by atoms with E-state index in [-0.39, 0.29) is 11.7 Å². The van der Waals surface area contributed by atoms with E-state index in [1.165, 1.54) is 6.07 Å². The summed E-state index contributed by atoms with van der Waals surface area (Å²) in [5, 5.41) is 16.6. The number of carbonyl (C=O) groups excluding carboxylic acids is 1. The first-order valence-electron chi connectivity index (χ1n) is 6.73. The molecular formula is C16H13N3O3. The first-order valence-corrected chi connectivity index (χ1v) is 6.73. The third-order valence-corrected chi connectivity index (χ3v) is 3.42. The molecular weight excluding hydrogens is 282 g/mol. The van der Waals surface area contributed by atoms with Crippen LogP contribution in [0.5, 0.6) is 0 Å². The number of benzene rings is 2. The third-order valence-electron chi connectivity index (χ3n) is 3.42. The summed E-state index contributed by atoms with van der Waals surface area (Å²) in [5.41, 5.74) is 1.92. The number of nitrogens with one attached hydrogen (secondary N) is 2. The SMILES string of the molecule is O=C1NC(c2ccccc2)=CC(c2ccccc2[N+](=O)[O-])N1. The Hall–Kier alpha value is -3.15. The van der Waals surface area contributed by atoms with E-state index >= 15 is 0 Å². The van der Waals surface area contributed by atoms with Gasteiger partial charge >= 0.3 is 6.03 Å².